The van der Waals surface area contributed by atoms with Gasteiger partial charge >= 0.3 is 0 Å². The van der Waals surface area contributed by atoms with Crippen molar-refractivity contribution in [1.82, 2.24) is 0 Å². The molecule has 0 fully saturated rings. The quantitative estimate of drug-likeness (QED) is 0.816. The van der Waals surface area contributed by atoms with Crippen LogP contribution in [0.3, 0.4) is 0 Å². The molecule has 0 radical (unpaired) electrons. The number of benzene rings is 1. The van der Waals surface area contributed by atoms with Crippen LogP contribution in [0.4, 0.5) is 5.69 Å². The predicted octanol–water partition coefficient (Wildman–Crippen LogP) is 4.58. The second-order valence-electron chi connectivity index (χ2n) is 4.40. The lowest BCUT2D eigenvalue weighted by Gasteiger charge is -2.10. The van der Waals surface area contributed by atoms with Gasteiger partial charge in [0, 0.05) is 18.2 Å². The number of ether oxygens (including phenoxy) is 2. The van der Waals surface area contributed by atoms with Gasteiger partial charge in [-0.05, 0) is 50.1 Å². The van der Waals surface area contributed by atoms with Crippen molar-refractivity contribution in [2.75, 3.05) is 18.5 Å². The Balaban J connectivity index is 1.70. The van der Waals surface area contributed by atoms with Gasteiger partial charge in [-0.15, -0.1) is 0 Å². The first-order chi connectivity index (χ1) is 9.72. The van der Waals surface area contributed by atoms with E-state index in [0.717, 1.165) is 33.8 Å². The summed E-state index contributed by atoms with van der Waals surface area (Å²) in [5.74, 6) is 2.43. The summed E-state index contributed by atoms with van der Waals surface area (Å²) in [7, 11) is 0. The minimum atomic E-state index is 0.601. The first-order valence-electron chi connectivity index (χ1n) is 6.29. The summed E-state index contributed by atoms with van der Waals surface area (Å²) in [5.41, 5.74) is 0.970. The average Bonchev–Trinajstić information content (AvgIpc) is 2.66. The van der Waals surface area contributed by atoms with Crippen molar-refractivity contribution in [2.24, 2.45) is 0 Å². The van der Waals surface area contributed by atoms with Crippen LogP contribution in [0.2, 0.25) is 0 Å². The summed E-state index contributed by atoms with van der Waals surface area (Å²) in [5, 5.41) is 3.30. The molecule has 0 saturated heterocycles. The molecule has 0 bridgehead atoms. The maximum absolute atomic E-state index is 5.66. The number of fused-ring (bicyclic) bond motifs is 1. The number of nitrogens with one attached hydrogen (secondary N) is 1. The van der Waals surface area contributed by atoms with Crippen LogP contribution in [0.15, 0.2) is 37.8 Å². The second kappa shape index (κ2) is 6.10. The minimum absolute atomic E-state index is 0.601. The average molecular weight is 403 g/mol. The Morgan fingerprint density at radius 2 is 1.85 bits per heavy atom. The van der Waals surface area contributed by atoms with Gasteiger partial charge in [0.2, 0.25) is 0 Å². The predicted molar refractivity (Wildman–Crippen MR) is 83.5 cm³/mol. The number of rotatable bonds is 3. The van der Waals surface area contributed by atoms with E-state index in [0.29, 0.717) is 24.4 Å². The van der Waals surface area contributed by atoms with Gasteiger partial charge in [-0.3, -0.25) is 0 Å². The van der Waals surface area contributed by atoms with Crippen molar-refractivity contribution < 1.29 is 13.9 Å². The Morgan fingerprint density at radius 3 is 2.60 bits per heavy atom. The molecule has 1 N–H and O–H groups in total. The number of furan rings is 1. The number of hydrogen-bond donors (Lipinski definition) is 1. The van der Waals surface area contributed by atoms with E-state index in [1.54, 1.807) is 0 Å². The van der Waals surface area contributed by atoms with Crippen LogP contribution >= 0.6 is 31.9 Å². The van der Waals surface area contributed by atoms with E-state index in [2.05, 4.69) is 37.2 Å². The Hall–Kier alpha value is -1.14. The highest BCUT2D eigenvalue weighted by Crippen LogP contribution is 2.33. The molecule has 6 heteroatoms. The highest BCUT2D eigenvalue weighted by atomic mass is 79.9. The van der Waals surface area contributed by atoms with E-state index >= 15 is 0 Å². The first-order valence-corrected chi connectivity index (χ1v) is 7.88. The zero-order valence-electron chi connectivity index (χ0n) is 10.6. The third-order valence-corrected chi connectivity index (χ3v) is 4.62. The van der Waals surface area contributed by atoms with Crippen LogP contribution in [0.25, 0.3) is 0 Å². The van der Waals surface area contributed by atoms with E-state index in [9.17, 15) is 0 Å². The Morgan fingerprint density at radius 1 is 1.05 bits per heavy atom. The van der Waals surface area contributed by atoms with Gasteiger partial charge < -0.3 is 19.2 Å². The topological polar surface area (TPSA) is 43.6 Å². The van der Waals surface area contributed by atoms with E-state index in [4.69, 9.17) is 13.9 Å². The number of anilines is 1. The Labute approximate surface area is 133 Å². The largest absolute Gasteiger partial charge is 0.490 e. The molecule has 0 spiro atoms. The molecule has 0 aliphatic carbocycles. The van der Waals surface area contributed by atoms with Gasteiger partial charge in [0.1, 0.15) is 5.76 Å². The Bertz CT molecular complexity index is 593. The Kier molecular flexibility index (Phi) is 4.21. The van der Waals surface area contributed by atoms with E-state index in [1.807, 2.05) is 24.3 Å². The normalized spacial score (nSPS) is 13.9. The summed E-state index contributed by atoms with van der Waals surface area (Å²) < 4.78 is 18.4. The number of hydrogen-bond acceptors (Lipinski definition) is 4. The lowest BCUT2D eigenvalue weighted by atomic mass is 10.2. The van der Waals surface area contributed by atoms with Crippen LogP contribution in [0.1, 0.15) is 12.2 Å². The molecule has 0 amide bonds. The molecule has 1 aliphatic rings. The van der Waals surface area contributed by atoms with Gasteiger partial charge in [0.05, 0.1) is 24.2 Å². The standard InChI is InChI=1S/C14H13Br2NO3/c15-11-7-10(20-14(11)16)8-17-9-2-3-12-13(6-9)19-5-1-4-18-12/h2-3,6-7,17H,1,4-5,8H2. The van der Waals surface area contributed by atoms with E-state index in [-0.39, 0.29) is 0 Å². The van der Waals surface area contributed by atoms with Crippen molar-refractivity contribution in [3.05, 3.63) is 39.2 Å². The van der Waals surface area contributed by atoms with Crippen molar-refractivity contribution in [2.45, 2.75) is 13.0 Å². The molecular formula is C14H13Br2NO3. The van der Waals surface area contributed by atoms with E-state index < -0.39 is 0 Å². The summed E-state index contributed by atoms with van der Waals surface area (Å²) in [6.07, 6.45) is 0.909. The molecular weight excluding hydrogens is 390 g/mol. The third kappa shape index (κ3) is 3.12. The molecule has 2 heterocycles. The van der Waals surface area contributed by atoms with Crippen molar-refractivity contribution in [3.8, 4) is 11.5 Å². The lowest BCUT2D eigenvalue weighted by molar-refractivity contribution is 0.297. The van der Waals surface area contributed by atoms with Crippen LogP contribution < -0.4 is 14.8 Å². The maximum Gasteiger partial charge on any atom is 0.183 e. The molecule has 20 heavy (non-hydrogen) atoms. The molecule has 0 unspecified atom stereocenters. The molecule has 1 aromatic heterocycles. The zero-order chi connectivity index (χ0) is 13.9. The molecule has 4 nitrogen and oxygen atoms in total. The molecule has 0 saturated carbocycles. The van der Waals surface area contributed by atoms with Crippen LogP contribution in [-0.4, -0.2) is 13.2 Å². The summed E-state index contributed by atoms with van der Waals surface area (Å²) in [6.45, 7) is 1.99. The van der Waals surface area contributed by atoms with Gasteiger partial charge in [0.15, 0.2) is 16.2 Å². The van der Waals surface area contributed by atoms with Crippen molar-refractivity contribution in [1.29, 1.82) is 0 Å². The van der Waals surface area contributed by atoms with Crippen LogP contribution in [0.5, 0.6) is 11.5 Å². The first kappa shape index (κ1) is 13.8. The fourth-order valence-electron chi connectivity index (χ4n) is 1.94. The smallest absolute Gasteiger partial charge is 0.183 e. The molecule has 0 atom stereocenters. The van der Waals surface area contributed by atoms with Crippen molar-refractivity contribution >= 4 is 37.5 Å². The second-order valence-corrected chi connectivity index (χ2v) is 5.97. The van der Waals surface area contributed by atoms with E-state index in [1.165, 1.54) is 0 Å². The lowest BCUT2D eigenvalue weighted by Crippen LogP contribution is -1.99. The summed E-state index contributed by atoms with van der Waals surface area (Å²) in [4.78, 5) is 0. The van der Waals surface area contributed by atoms with Gasteiger partial charge in [-0.25, -0.2) is 0 Å². The van der Waals surface area contributed by atoms with Crippen molar-refractivity contribution in [3.63, 3.8) is 0 Å². The molecule has 3 rings (SSSR count). The molecule has 1 aromatic carbocycles. The zero-order valence-corrected chi connectivity index (χ0v) is 13.8. The monoisotopic (exact) mass is 401 g/mol. The van der Waals surface area contributed by atoms with Crippen LogP contribution in [-0.2, 0) is 6.54 Å². The highest BCUT2D eigenvalue weighted by molar-refractivity contribution is 9.13. The molecule has 1 aliphatic heterocycles. The van der Waals surface area contributed by atoms with Crippen LogP contribution in [0, 0.1) is 0 Å². The highest BCUT2D eigenvalue weighted by Gasteiger charge is 2.11. The number of halogens is 2. The van der Waals surface area contributed by atoms with Gasteiger partial charge in [-0.1, -0.05) is 0 Å². The van der Waals surface area contributed by atoms with Gasteiger partial charge in [0.25, 0.3) is 0 Å². The van der Waals surface area contributed by atoms with Gasteiger partial charge in [-0.2, -0.15) is 0 Å². The molecule has 106 valence electrons. The molecule has 2 aromatic rings. The third-order valence-electron chi connectivity index (χ3n) is 2.91. The SMILES string of the molecule is Brc1cc(CNc2ccc3c(c2)OCCCO3)oc1Br. The minimum Gasteiger partial charge on any atom is -0.490 e. The fraction of sp³-hybridized carbons (Fsp3) is 0.286. The summed E-state index contributed by atoms with van der Waals surface area (Å²) in [6, 6.07) is 7.78. The fourth-order valence-corrected chi connectivity index (χ4v) is 2.60. The maximum atomic E-state index is 5.66. The summed E-state index contributed by atoms with van der Waals surface area (Å²) >= 11 is 6.72.